The Labute approximate surface area is 413 Å². The second-order valence-corrected chi connectivity index (χ2v) is 17.6. The van der Waals surface area contributed by atoms with Crippen molar-refractivity contribution in [3.63, 3.8) is 0 Å². The number of benzene rings is 10. The first-order valence-corrected chi connectivity index (χ1v) is 24.2. The molecule has 0 unspecified atom stereocenters. The van der Waals surface area contributed by atoms with Gasteiger partial charge in [-0.05, 0) is 180 Å². The van der Waals surface area contributed by atoms with E-state index < -0.39 is 0 Å². The van der Waals surface area contributed by atoms with Crippen molar-refractivity contribution in [2.45, 2.75) is 27.7 Å². The standard InChI is InChI=1S/C66H56N2O2/c1-5-69-65-17-9-15-57(45-65)53-27-39-63(40-28-53)68(64-41-29-54(30-42-64)58-16-10-18-66(46-58)70-6-2)60-33-21-50(22-34-60)49-19-31-59(32-20-49)67(61-35-23-51(24-36-61)55-13-7-11-47(3)43-55)62-37-25-52(26-38-62)56-14-8-12-48(4)44-56/h7-46H,5-6H2,1-4H3. The van der Waals surface area contributed by atoms with E-state index in [1.54, 1.807) is 0 Å². The minimum absolute atomic E-state index is 0.631. The third kappa shape index (κ3) is 10.1. The van der Waals surface area contributed by atoms with Crippen molar-refractivity contribution in [3.05, 3.63) is 254 Å². The third-order valence-corrected chi connectivity index (χ3v) is 12.7. The predicted molar refractivity (Wildman–Crippen MR) is 295 cm³/mol. The van der Waals surface area contributed by atoms with Crippen LogP contribution in [-0.4, -0.2) is 13.2 Å². The molecule has 0 aliphatic rings. The molecule has 10 aromatic carbocycles. The summed E-state index contributed by atoms with van der Waals surface area (Å²) in [4.78, 5) is 4.66. The molecular weight excluding hydrogens is 853 g/mol. The first-order valence-electron chi connectivity index (χ1n) is 24.2. The molecule has 0 aliphatic heterocycles. The van der Waals surface area contributed by atoms with Crippen LogP contribution in [0.4, 0.5) is 34.1 Å². The maximum absolute atomic E-state index is 5.82. The van der Waals surface area contributed by atoms with Crippen LogP contribution in [0.5, 0.6) is 11.5 Å². The fourth-order valence-electron chi connectivity index (χ4n) is 9.23. The van der Waals surface area contributed by atoms with E-state index in [2.05, 4.69) is 242 Å². The average molecular weight is 909 g/mol. The molecule has 0 atom stereocenters. The highest BCUT2D eigenvalue weighted by molar-refractivity contribution is 5.84. The van der Waals surface area contributed by atoms with Crippen molar-refractivity contribution in [1.29, 1.82) is 0 Å². The lowest BCUT2D eigenvalue weighted by atomic mass is 10.0. The number of rotatable bonds is 15. The number of anilines is 6. The Morgan fingerprint density at radius 2 is 0.486 bits per heavy atom. The Bertz CT molecular complexity index is 3140. The van der Waals surface area contributed by atoms with Gasteiger partial charge in [0.2, 0.25) is 0 Å². The molecule has 4 heteroatoms. The molecule has 0 saturated heterocycles. The first kappa shape index (κ1) is 45.2. The molecule has 0 radical (unpaired) electrons. The third-order valence-electron chi connectivity index (χ3n) is 12.7. The lowest BCUT2D eigenvalue weighted by Crippen LogP contribution is -2.10. The number of aryl methyl sites for hydroxylation is 2. The van der Waals surface area contributed by atoms with Crippen LogP contribution in [0.25, 0.3) is 55.6 Å². The number of nitrogens with zero attached hydrogens (tertiary/aromatic N) is 2. The molecule has 0 amide bonds. The molecular formula is C66H56N2O2. The molecule has 0 aromatic heterocycles. The molecule has 0 bridgehead atoms. The Kier molecular flexibility index (Phi) is 13.4. The molecule has 10 rings (SSSR count). The van der Waals surface area contributed by atoms with E-state index in [4.69, 9.17) is 9.47 Å². The van der Waals surface area contributed by atoms with Crippen LogP contribution in [0.2, 0.25) is 0 Å². The smallest absolute Gasteiger partial charge is 0.119 e. The van der Waals surface area contributed by atoms with E-state index in [9.17, 15) is 0 Å². The van der Waals surface area contributed by atoms with Crippen molar-refractivity contribution in [3.8, 4) is 67.1 Å². The molecule has 0 saturated carbocycles. The molecule has 0 aliphatic carbocycles. The molecule has 10 aromatic rings. The van der Waals surface area contributed by atoms with Crippen LogP contribution < -0.4 is 19.3 Å². The predicted octanol–water partition coefficient (Wildman–Crippen LogP) is 18.4. The van der Waals surface area contributed by atoms with Crippen LogP contribution in [0.3, 0.4) is 0 Å². The number of hydrogen-bond donors (Lipinski definition) is 0. The minimum atomic E-state index is 0.631. The SMILES string of the molecule is CCOc1cccc(-c2ccc(N(c3ccc(-c4ccc(N(c5ccc(-c6cccc(C)c6)cc5)c5ccc(-c6cccc(C)c6)cc5)cc4)cc3)c3ccc(-c4cccc(OCC)c4)cc3)cc2)c1. The van der Waals surface area contributed by atoms with Crippen LogP contribution in [0, 0.1) is 13.8 Å². The summed E-state index contributed by atoms with van der Waals surface area (Å²) in [7, 11) is 0. The van der Waals surface area contributed by atoms with Crippen molar-refractivity contribution in [2.75, 3.05) is 23.0 Å². The van der Waals surface area contributed by atoms with Crippen LogP contribution in [0.15, 0.2) is 243 Å². The zero-order chi connectivity index (χ0) is 47.8. The van der Waals surface area contributed by atoms with E-state index in [0.29, 0.717) is 13.2 Å². The highest BCUT2D eigenvalue weighted by Gasteiger charge is 2.17. The van der Waals surface area contributed by atoms with E-state index in [0.717, 1.165) is 79.0 Å². The molecule has 0 fully saturated rings. The summed E-state index contributed by atoms with van der Waals surface area (Å²) in [6, 6.07) is 87.2. The lowest BCUT2D eigenvalue weighted by Gasteiger charge is -2.27. The fraction of sp³-hybridized carbons (Fsp3) is 0.0909. The van der Waals surface area contributed by atoms with Crippen LogP contribution >= 0.6 is 0 Å². The summed E-state index contributed by atoms with van der Waals surface area (Å²) >= 11 is 0. The van der Waals surface area contributed by atoms with Crippen molar-refractivity contribution < 1.29 is 9.47 Å². The van der Waals surface area contributed by atoms with Crippen LogP contribution in [0.1, 0.15) is 25.0 Å². The van der Waals surface area contributed by atoms with Gasteiger partial charge in [0.25, 0.3) is 0 Å². The molecule has 70 heavy (non-hydrogen) atoms. The zero-order valence-corrected chi connectivity index (χ0v) is 40.2. The Hall–Kier alpha value is -8.60. The number of hydrogen-bond acceptors (Lipinski definition) is 4. The van der Waals surface area contributed by atoms with Crippen molar-refractivity contribution in [1.82, 2.24) is 0 Å². The van der Waals surface area contributed by atoms with E-state index in [1.807, 2.05) is 38.1 Å². The Balaban J connectivity index is 0.961. The summed E-state index contributed by atoms with van der Waals surface area (Å²) in [6.07, 6.45) is 0. The number of ether oxygens (including phenoxy) is 2. The minimum Gasteiger partial charge on any atom is -0.494 e. The molecule has 4 nitrogen and oxygen atoms in total. The van der Waals surface area contributed by atoms with Gasteiger partial charge in [-0.2, -0.15) is 0 Å². The second kappa shape index (κ2) is 20.7. The van der Waals surface area contributed by atoms with Gasteiger partial charge >= 0.3 is 0 Å². The molecule has 0 spiro atoms. The fourth-order valence-corrected chi connectivity index (χ4v) is 9.23. The quantitative estimate of drug-likeness (QED) is 0.102. The summed E-state index contributed by atoms with van der Waals surface area (Å²) in [5, 5.41) is 0. The van der Waals surface area contributed by atoms with Crippen molar-refractivity contribution >= 4 is 34.1 Å². The van der Waals surface area contributed by atoms with E-state index in [1.165, 1.54) is 33.4 Å². The Morgan fingerprint density at radius 3 is 0.729 bits per heavy atom. The molecule has 0 heterocycles. The second-order valence-electron chi connectivity index (χ2n) is 17.6. The summed E-state index contributed by atoms with van der Waals surface area (Å²) in [6.45, 7) is 9.57. The molecule has 0 N–H and O–H groups in total. The largest absolute Gasteiger partial charge is 0.494 e. The van der Waals surface area contributed by atoms with Crippen molar-refractivity contribution in [2.24, 2.45) is 0 Å². The Morgan fingerprint density at radius 1 is 0.257 bits per heavy atom. The van der Waals surface area contributed by atoms with E-state index in [-0.39, 0.29) is 0 Å². The zero-order valence-electron chi connectivity index (χ0n) is 40.2. The topological polar surface area (TPSA) is 24.9 Å². The maximum atomic E-state index is 5.82. The lowest BCUT2D eigenvalue weighted by molar-refractivity contribution is 0.340. The van der Waals surface area contributed by atoms with Gasteiger partial charge in [0.15, 0.2) is 0 Å². The van der Waals surface area contributed by atoms with Gasteiger partial charge in [0.1, 0.15) is 11.5 Å². The average Bonchev–Trinajstić information content (AvgIpc) is 3.40. The normalized spacial score (nSPS) is 11.0. The van der Waals surface area contributed by atoms with Gasteiger partial charge in [0.05, 0.1) is 13.2 Å². The summed E-state index contributed by atoms with van der Waals surface area (Å²) < 4.78 is 11.6. The van der Waals surface area contributed by atoms with Gasteiger partial charge in [0, 0.05) is 34.1 Å². The first-order chi connectivity index (χ1) is 34.4. The van der Waals surface area contributed by atoms with Gasteiger partial charge < -0.3 is 19.3 Å². The van der Waals surface area contributed by atoms with Gasteiger partial charge in [-0.3, -0.25) is 0 Å². The maximum Gasteiger partial charge on any atom is 0.119 e. The molecule has 342 valence electrons. The summed E-state index contributed by atoms with van der Waals surface area (Å²) in [5.74, 6) is 1.75. The monoisotopic (exact) mass is 908 g/mol. The van der Waals surface area contributed by atoms with Gasteiger partial charge in [-0.25, -0.2) is 0 Å². The highest BCUT2D eigenvalue weighted by atomic mass is 16.5. The van der Waals surface area contributed by atoms with Gasteiger partial charge in [-0.15, -0.1) is 0 Å². The van der Waals surface area contributed by atoms with E-state index >= 15 is 0 Å². The van der Waals surface area contributed by atoms with Gasteiger partial charge in [-0.1, -0.05) is 157 Å². The van der Waals surface area contributed by atoms with Crippen LogP contribution in [-0.2, 0) is 0 Å². The highest BCUT2D eigenvalue weighted by Crippen LogP contribution is 2.41. The summed E-state index contributed by atoms with van der Waals surface area (Å²) in [5.41, 5.74) is 20.6.